The molecule has 0 bridgehead atoms. The summed E-state index contributed by atoms with van der Waals surface area (Å²) in [4.78, 5) is 0. The fourth-order valence-electron chi connectivity index (χ4n) is 1.85. The normalized spacial score (nSPS) is 22.0. The number of aliphatic hydroxyl groups is 1. The summed E-state index contributed by atoms with van der Waals surface area (Å²) in [5.74, 6) is 0.538. The van der Waals surface area contributed by atoms with Crippen molar-refractivity contribution in [2.45, 2.75) is 51.6 Å². The topological polar surface area (TPSA) is 32.3 Å². The van der Waals surface area contributed by atoms with Crippen molar-refractivity contribution >= 4 is 0 Å². The first kappa shape index (κ1) is 10.0. The van der Waals surface area contributed by atoms with Crippen molar-refractivity contribution in [3.63, 3.8) is 0 Å². The van der Waals surface area contributed by atoms with Crippen molar-refractivity contribution in [3.8, 4) is 0 Å². The number of nitrogens with one attached hydrogen (secondary N) is 1. The average Bonchev–Trinajstić information content (AvgIpc) is 2.51. The summed E-state index contributed by atoms with van der Waals surface area (Å²) in [6.07, 6.45) is 5.30. The Kier molecular flexibility index (Phi) is 4.02. The highest BCUT2D eigenvalue weighted by molar-refractivity contribution is 4.79. The Morgan fingerprint density at radius 3 is 2.33 bits per heavy atom. The Morgan fingerprint density at radius 2 is 1.92 bits per heavy atom. The molecule has 1 atom stereocenters. The van der Waals surface area contributed by atoms with Crippen molar-refractivity contribution in [2.24, 2.45) is 5.92 Å². The summed E-state index contributed by atoms with van der Waals surface area (Å²) in [7, 11) is 0. The highest BCUT2D eigenvalue weighted by atomic mass is 16.3. The third kappa shape index (κ3) is 2.76. The monoisotopic (exact) mass is 171 g/mol. The molecule has 0 heterocycles. The lowest BCUT2D eigenvalue weighted by Crippen LogP contribution is -2.42. The fraction of sp³-hybridized carbons (Fsp3) is 1.00. The summed E-state index contributed by atoms with van der Waals surface area (Å²) in [6, 6.07) is 0.970. The zero-order chi connectivity index (χ0) is 8.97. The van der Waals surface area contributed by atoms with Crippen molar-refractivity contribution in [1.29, 1.82) is 0 Å². The highest BCUT2D eigenvalue weighted by Gasteiger charge is 2.20. The van der Waals surface area contributed by atoms with E-state index >= 15 is 0 Å². The van der Waals surface area contributed by atoms with Crippen LogP contribution in [0.4, 0.5) is 0 Å². The molecule has 12 heavy (non-hydrogen) atoms. The lowest BCUT2D eigenvalue weighted by Gasteiger charge is -2.24. The van der Waals surface area contributed by atoms with E-state index in [4.69, 9.17) is 5.11 Å². The summed E-state index contributed by atoms with van der Waals surface area (Å²) in [5, 5.41) is 12.6. The van der Waals surface area contributed by atoms with Crippen LogP contribution in [0.15, 0.2) is 0 Å². The molecule has 0 aromatic heterocycles. The first-order valence-corrected chi connectivity index (χ1v) is 5.11. The van der Waals surface area contributed by atoms with Crippen LogP contribution in [0.25, 0.3) is 0 Å². The number of aliphatic hydroxyl groups excluding tert-OH is 1. The lowest BCUT2D eigenvalue weighted by atomic mass is 10.0. The Bertz CT molecular complexity index is 119. The van der Waals surface area contributed by atoms with E-state index in [9.17, 15) is 0 Å². The Labute approximate surface area is 75.4 Å². The molecule has 0 aliphatic heterocycles. The molecule has 0 aromatic rings. The molecule has 0 amide bonds. The number of hydrogen-bond donors (Lipinski definition) is 2. The van der Waals surface area contributed by atoms with Gasteiger partial charge in [-0.15, -0.1) is 0 Å². The van der Waals surface area contributed by atoms with E-state index in [0.717, 1.165) is 0 Å². The van der Waals surface area contributed by atoms with Crippen LogP contribution < -0.4 is 5.32 Å². The summed E-state index contributed by atoms with van der Waals surface area (Å²) in [5.41, 5.74) is 0. The first-order chi connectivity index (χ1) is 5.74. The minimum absolute atomic E-state index is 0.272. The molecule has 1 aliphatic rings. The Balaban J connectivity index is 2.26. The van der Waals surface area contributed by atoms with Gasteiger partial charge in [-0.25, -0.2) is 0 Å². The van der Waals surface area contributed by atoms with Gasteiger partial charge < -0.3 is 10.4 Å². The van der Waals surface area contributed by atoms with Crippen LogP contribution in [0.5, 0.6) is 0 Å². The molecule has 2 heteroatoms. The maximum atomic E-state index is 9.09. The molecule has 1 rings (SSSR count). The van der Waals surface area contributed by atoms with Gasteiger partial charge in [0.25, 0.3) is 0 Å². The van der Waals surface area contributed by atoms with Gasteiger partial charge in [-0.2, -0.15) is 0 Å². The van der Waals surface area contributed by atoms with E-state index in [2.05, 4.69) is 19.2 Å². The van der Waals surface area contributed by atoms with E-state index in [1.807, 2.05) is 0 Å². The molecule has 0 spiro atoms. The maximum Gasteiger partial charge on any atom is 0.0587 e. The predicted octanol–water partition coefficient (Wildman–Crippen LogP) is 1.54. The van der Waals surface area contributed by atoms with Crippen molar-refractivity contribution in [2.75, 3.05) is 6.61 Å². The van der Waals surface area contributed by atoms with Crippen molar-refractivity contribution in [3.05, 3.63) is 0 Å². The maximum absolute atomic E-state index is 9.09. The molecule has 1 fully saturated rings. The quantitative estimate of drug-likeness (QED) is 0.672. The third-order valence-corrected chi connectivity index (χ3v) is 2.81. The Morgan fingerprint density at radius 1 is 1.33 bits per heavy atom. The predicted molar refractivity (Wildman–Crippen MR) is 51.1 cm³/mol. The second kappa shape index (κ2) is 4.83. The van der Waals surface area contributed by atoms with Gasteiger partial charge >= 0.3 is 0 Å². The smallest absolute Gasteiger partial charge is 0.0587 e. The molecule has 2 N–H and O–H groups in total. The SMILES string of the molecule is CC(C)[C@@H](CO)NC1CCCC1. The molecule has 0 unspecified atom stereocenters. The second-order valence-electron chi connectivity index (χ2n) is 4.18. The van der Waals surface area contributed by atoms with Gasteiger partial charge in [0.1, 0.15) is 0 Å². The minimum atomic E-state index is 0.272. The van der Waals surface area contributed by atoms with E-state index in [1.165, 1.54) is 25.7 Å². The standard InChI is InChI=1S/C10H21NO/c1-8(2)10(7-12)11-9-5-3-4-6-9/h8-12H,3-7H2,1-2H3/t10-/m1/s1. The highest BCUT2D eigenvalue weighted by Crippen LogP contribution is 2.19. The molecule has 1 saturated carbocycles. The molecule has 2 nitrogen and oxygen atoms in total. The third-order valence-electron chi connectivity index (χ3n) is 2.81. The van der Waals surface area contributed by atoms with E-state index in [1.54, 1.807) is 0 Å². The van der Waals surface area contributed by atoms with Crippen LogP contribution in [-0.4, -0.2) is 23.8 Å². The molecule has 0 aromatic carbocycles. The lowest BCUT2D eigenvalue weighted by molar-refractivity contribution is 0.199. The average molecular weight is 171 g/mol. The number of rotatable bonds is 4. The van der Waals surface area contributed by atoms with Gasteiger partial charge in [0, 0.05) is 12.1 Å². The van der Waals surface area contributed by atoms with Crippen molar-refractivity contribution < 1.29 is 5.11 Å². The Hall–Kier alpha value is -0.0800. The van der Waals surface area contributed by atoms with Crippen LogP contribution in [0.3, 0.4) is 0 Å². The molecule has 72 valence electrons. The molecule has 1 aliphatic carbocycles. The van der Waals surface area contributed by atoms with Gasteiger partial charge in [-0.05, 0) is 18.8 Å². The zero-order valence-electron chi connectivity index (χ0n) is 8.21. The first-order valence-electron chi connectivity index (χ1n) is 5.11. The van der Waals surface area contributed by atoms with Crippen LogP contribution in [0.1, 0.15) is 39.5 Å². The fourth-order valence-corrected chi connectivity index (χ4v) is 1.85. The van der Waals surface area contributed by atoms with E-state index in [0.29, 0.717) is 18.0 Å². The van der Waals surface area contributed by atoms with E-state index in [-0.39, 0.29) is 6.61 Å². The molecular weight excluding hydrogens is 150 g/mol. The van der Waals surface area contributed by atoms with Gasteiger partial charge in [-0.1, -0.05) is 26.7 Å². The molecule has 0 saturated heterocycles. The van der Waals surface area contributed by atoms with Gasteiger partial charge in [0.15, 0.2) is 0 Å². The van der Waals surface area contributed by atoms with E-state index < -0.39 is 0 Å². The van der Waals surface area contributed by atoms with Crippen LogP contribution in [0.2, 0.25) is 0 Å². The van der Waals surface area contributed by atoms with Crippen LogP contribution in [-0.2, 0) is 0 Å². The van der Waals surface area contributed by atoms with Gasteiger partial charge in [0.05, 0.1) is 6.61 Å². The molecular formula is C10H21NO. The number of hydrogen-bond acceptors (Lipinski definition) is 2. The minimum Gasteiger partial charge on any atom is -0.395 e. The largest absolute Gasteiger partial charge is 0.395 e. The summed E-state index contributed by atoms with van der Waals surface area (Å²) in [6.45, 7) is 4.58. The second-order valence-corrected chi connectivity index (χ2v) is 4.18. The molecule has 0 radical (unpaired) electrons. The van der Waals surface area contributed by atoms with Crippen LogP contribution in [0, 0.1) is 5.92 Å². The summed E-state index contributed by atoms with van der Waals surface area (Å²) < 4.78 is 0. The summed E-state index contributed by atoms with van der Waals surface area (Å²) >= 11 is 0. The van der Waals surface area contributed by atoms with Crippen molar-refractivity contribution in [1.82, 2.24) is 5.32 Å². The van der Waals surface area contributed by atoms with Crippen LogP contribution >= 0.6 is 0 Å². The van der Waals surface area contributed by atoms with Gasteiger partial charge in [-0.3, -0.25) is 0 Å². The van der Waals surface area contributed by atoms with Gasteiger partial charge in [0.2, 0.25) is 0 Å². The zero-order valence-corrected chi connectivity index (χ0v) is 8.21.